The molecule has 24 heavy (non-hydrogen) atoms. The molecule has 0 saturated heterocycles. The number of ether oxygens (including phenoxy) is 1. The van der Waals surface area contributed by atoms with E-state index in [2.05, 4.69) is 5.32 Å². The minimum absolute atomic E-state index is 0.152. The van der Waals surface area contributed by atoms with Crippen LogP contribution in [0.4, 0.5) is 0 Å². The number of aliphatic carboxylic acids is 1. The molecule has 5 nitrogen and oxygen atoms in total. The van der Waals surface area contributed by atoms with Crippen LogP contribution in [0.2, 0.25) is 0 Å². The molecule has 124 valence electrons. The van der Waals surface area contributed by atoms with Crippen molar-refractivity contribution in [3.8, 4) is 5.75 Å². The van der Waals surface area contributed by atoms with E-state index in [0.717, 1.165) is 16.9 Å². The maximum absolute atomic E-state index is 12.8. The van der Waals surface area contributed by atoms with Gasteiger partial charge in [-0.1, -0.05) is 48.5 Å². The molecule has 2 atom stereocenters. The topological polar surface area (TPSA) is 75.6 Å². The highest BCUT2D eigenvalue weighted by atomic mass is 16.5. The lowest BCUT2D eigenvalue weighted by Gasteiger charge is -2.27. The number of hydrogen-bond acceptors (Lipinski definition) is 3. The number of hydrogen-bond donors (Lipinski definition) is 2. The molecule has 0 aromatic heterocycles. The number of nitrogens with one attached hydrogen (secondary N) is 1. The van der Waals surface area contributed by atoms with Gasteiger partial charge in [0.15, 0.2) is 0 Å². The Bertz CT molecular complexity index is 729. The highest BCUT2D eigenvalue weighted by molar-refractivity contribution is 5.85. The summed E-state index contributed by atoms with van der Waals surface area (Å²) in [5.74, 6) is -0.717. The van der Waals surface area contributed by atoms with E-state index < -0.39 is 12.0 Å². The van der Waals surface area contributed by atoms with Crippen LogP contribution >= 0.6 is 0 Å². The van der Waals surface area contributed by atoms with E-state index in [1.54, 1.807) is 0 Å². The molecular weight excluding hydrogens is 306 g/mol. The normalized spacial score (nSPS) is 17.2. The smallest absolute Gasteiger partial charge is 0.305 e. The fourth-order valence-corrected chi connectivity index (χ4v) is 3.00. The fourth-order valence-electron chi connectivity index (χ4n) is 3.00. The monoisotopic (exact) mass is 325 g/mol. The van der Waals surface area contributed by atoms with E-state index >= 15 is 0 Å². The van der Waals surface area contributed by atoms with Crippen molar-refractivity contribution in [2.24, 2.45) is 0 Å². The van der Waals surface area contributed by atoms with Crippen LogP contribution < -0.4 is 10.1 Å². The van der Waals surface area contributed by atoms with Crippen LogP contribution in [0.5, 0.6) is 5.75 Å². The molecule has 0 spiro atoms. The molecule has 1 aliphatic rings. The number of carboxylic acid groups (broad SMARTS) is 1. The first-order chi connectivity index (χ1) is 11.6. The van der Waals surface area contributed by atoms with Crippen molar-refractivity contribution in [2.45, 2.75) is 24.8 Å². The second-order valence-electron chi connectivity index (χ2n) is 5.80. The Kier molecular flexibility index (Phi) is 4.79. The van der Waals surface area contributed by atoms with Crippen LogP contribution in [0.3, 0.4) is 0 Å². The van der Waals surface area contributed by atoms with Gasteiger partial charge in [0.25, 0.3) is 0 Å². The van der Waals surface area contributed by atoms with Crippen molar-refractivity contribution in [1.82, 2.24) is 5.32 Å². The first-order valence-corrected chi connectivity index (χ1v) is 7.94. The molecule has 1 aliphatic heterocycles. The number of rotatable bonds is 5. The summed E-state index contributed by atoms with van der Waals surface area (Å²) in [4.78, 5) is 23.9. The van der Waals surface area contributed by atoms with E-state index in [-0.39, 0.29) is 18.2 Å². The van der Waals surface area contributed by atoms with Crippen molar-refractivity contribution >= 4 is 11.9 Å². The molecule has 1 heterocycles. The fraction of sp³-hybridized carbons (Fsp3) is 0.263. The van der Waals surface area contributed by atoms with Crippen molar-refractivity contribution in [1.29, 1.82) is 0 Å². The SMILES string of the molecule is O=C(O)CC(NC(=O)C1CCOc2ccccc21)c1ccccc1. The molecule has 0 fully saturated rings. The lowest BCUT2D eigenvalue weighted by molar-refractivity contribution is -0.137. The zero-order valence-electron chi connectivity index (χ0n) is 13.1. The third kappa shape index (κ3) is 3.56. The Morgan fingerprint density at radius 1 is 1.12 bits per heavy atom. The minimum Gasteiger partial charge on any atom is -0.493 e. The summed E-state index contributed by atoms with van der Waals surface area (Å²) >= 11 is 0. The summed E-state index contributed by atoms with van der Waals surface area (Å²) in [6.45, 7) is 0.476. The Labute approximate surface area is 140 Å². The van der Waals surface area contributed by atoms with Gasteiger partial charge in [0.1, 0.15) is 5.75 Å². The molecule has 0 aliphatic carbocycles. The number of amides is 1. The van der Waals surface area contributed by atoms with Gasteiger partial charge in [-0.2, -0.15) is 0 Å². The van der Waals surface area contributed by atoms with E-state index in [1.807, 2.05) is 54.6 Å². The Balaban J connectivity index is 1.80. The zero-order valence-corrected chi connectivity index (χ0v) is 13.1. The molecule has 0 bridgehead atoms. The molecule has 2 aromatic rings. The first-order valence-electron chi connectivity index (χ1n) is 7.94. The van der Waals surface area contributed by atoms with Crippen LogP contribution in [0.1, 0.15) is 35.9 Å². The standard InChI is InChI=1S/C19H19NO4/c21-18(22)12-16(13-6-2-1-3-7-13)20-19(23)15-10-11-24-17-9-5-4-8-14(15)17/h1-9,15-16H,10-12H2,(H,20,23)(H,21,22). The maximum atomic E-state index is 12.8. The summed E-state index contributed by atoms with van der Waals surface area (Å²) in [5, 5.41) is 12.1. The summed E-state index contributed by atoms with van der Waals surface area (Å²) in [6.07, 6.45) is 0.429. The minimum atomic E-state index is -0.948. The van der Waals surface area contributed by atoms with Crippen molar-refractivity contribution in [2.75, 3.05) is 6.61 Å². The van der Waals surface area contributed by atoms with Gasteiger partial charge in [-0.05, 0) is 18.1 Å². The number of fused-ring (bicyclic) bond motifs is 1. The van der Waals surface area contributed by atoms with Crippen LogP contribution in [0, 0.1) is 0 Å². The number of carbonyl (C=O) groups is 2. The summed E-state index contributed by atoms with van der Waals surface area (Å²) in [5.41, 5.74) is 1.64. The van der Waals surface area contributed by atoms with Gasteiger partial charge in [0.05, 0.1) is 25.0 Å². The van der Waals surface area contributed by atoms with Gasteiger partial charge in [-0.3, -0.25) is 9.59 Å². The van der Waals surface area contributed by atoms with Gasteiger partial charge in [0, 0.05) is 5.56 Å². The van der Waals surface area contributed by atoms with Crippen LogP contribution in [0.15, 0.2) is 54.6 Å². The molecular formula is C19H19NO4. The Morgan fingerprint density at radius 3 is 2.58 bits per heavy atom. The molecule has 0 radical (unpaired) electrons. The molecule has 5 heteroatoms. The molecule has 2 unspecified atom stereocenters. The van der Waals surface area contributed by atoms with Gasteiger partial charge in [-0.25, -0.2) is 0 Å². The molecule has 2 N–H and O–H groups in total. The third-order valence-corrected chi connectivity index (χ3v) is 4.17. The lowest BCUT2D eigenvalue weighted by Crippen LogP contribution is -2.36. The summed E-state index contributed by atoms with van der Waals surface area (Å²) in [7, 11) is 0. The van der Waals surface area contributed by atoms with E-state index in [1.165, 1.54) is 0 Å². The predicted octanol–water partition coefficient (Wildman–Crippen LogP) is 2.88. The van der Waals surface area contributed by atoms with Gasteiger partial charge in [-0.15, -0.1) is 0 Å². The van der Waals surface area contributed by atoms with Gasteiger partial charge < -0.3 is 15.2 Å². The Morgan fingerprint density at radius 2 is 1.83 bits per heavy atom. The van der Waals surface area contributed by atoms with E-state index in [0.29, 0.717) is 13.0 Å². The van der Waals surface area contributed by atoms with Crippen LogP contribution in [-0.4, -0.2) is 23.6 Å². The number of para-hydroxylation sites is 1. The van der Waals surface area contributed by atoms with Crippen LogP contribution in [0.25, 0.3) is 0 Å². The summed E-state index contributed by atoms with van der Waals surface area (Å²) in [6, 6.07) is 16.1. The predicted molar refractivity (Wildman–Crippen MR) is 88.9 cm³/mol. The maximum Gasteiger partial charge on any atom is 0.305 e. The Hall–Kier alpha value is -2.82. The number of carboxylic acids is 1. The highest BCUT2D eigenvalue weighted by Crippen LogP contribution is 2.34. The van der Waals surface area contributed by atoms with Crippen LogP contribution in [-0.2, 0) is 9.59 Å². The zero-order chi connectivity index (χ0) is 16.9. The quantitative estimate of drug-likeness (QED) is 0.886. The van der Waals surface area contributed by atoms with E-state index in [4.69, 9.17) is 9.84 Å². The second kappa shape index (κ2) is 7.17. The second-order valence-corrected chi connectivity index (χ2v) is 5.80. The number of benzene rings is 2. The van der Waals surface area contributed by atoms with Gasteiger partial charge in [0.2, 0.25) is 5.91 Å². The van der Waals surface area contributed by atoms with Crippen molar-refractivity contribution in [3.63, 3.8) is 0 Å². The molecule has 0 saturated carbocycles. The summed E-state index contributed by atoms with van der Waals surface area (Å²) < 4.78 is 5.58. The lowest BCUT2D eigenvalue weighted by atomic mass is 9.91. The molecule has 1 amide bonds. The average molecular weight is 325 g/mol. The van der Waals surface area contributed by atoms with Crippen molar-refractivity contribution < 1.29 is 19.4 Å². The molecule has 3 rings (SSSR count). The van der Waals surface area contributed by atoms with Gasteiger partial charge >= 0.3 is 5.97 Å². The van der Waals surface area contributed by atoms with E-state index in [9.17, 15) is 9.59 Å². The van der Waals surface area contributed by atoms with Crippen molar-refractivity contribution in [3.05, 3.63) is 65.7 Å². The molecule has 2 aromatic carbocycles. The first kappa shape index (κ1) is 16.1. The largest absolute Gasteiger partial charge is 0.493 e. The number of carbonyl (C=O) groups excluding carboxylic acids is 1. The highest BCUT2D eigenvalue weighted by Gasteiger charge is 2.29. The average Bonchev–Trinajstić information content (AvgIpc) is 2.61. The third-order valence-electron chi connectivity index (χ3n) is 4.17.